The van der Waals surface area contributed by atoms with Crippen molar-refractivity contribution in [3.63, 3.8) is 0 Å². The molecule has 98 valence electrons. The summed E-state index contributed by atoms with van der Waals surface area (Å²) in [4.78, 5) is 18.2. The van der Waals surface area contributed by atoms with E-state index >= 15 is 0 Å². The molecule has 1 heterocycles. The molecule has 0 aliphatic heterocycles. The van der Waals surface area contributed by atoms with Gasteiger partial charge in [-0.05, 0) is 24.3 Å². The molecule has 0 bridgehead atoms. The summed E-state index contributed by atoms with van der Waals surface area (Å²) < 4.78 is 26.3. The number of anilines is 1. The van der Waals surface area contributed by atoms with Gasteiger partial charge in [-0.3, -0.25) is 0 Å². The van der Waals surface area contributed by atoms with Crippen LogP contribution < -0.4 is 5.32 Å². The van der Waals surface area contributed by atoms with Crippen molar-refractivity contribution in [3.8, 4) is 0 Å². The van der Waals surface area contributed by atoms with Crippen LogP contribution >= 0.6 is 0 Å². The zero-order chi connectivity index (χ0) is 13.8. The molecule has 0 aliphatic rings. The molecule has 0 radical (unpaired) electrons. The highest BCUT2D eigenvalue weighted by molar-refractivity contribution is 5.85. The first kappa shape index (κ1) is 12.9. The lowest BCUT2D eigenvalue weighted by molar-refractivity contribution is 0.0690. The van der Waals surface area contributed by atoms with Crippen molar-refractivity contribution in [1.29, 1.82) is 0 Å². The summed E-state index contributed by atoms with van der Waals surface area (Å²) in [5.41, 5.74) is -0.0819. The van der Waals surface area contributed by atoms with Crippen LogP contribution in [0.15, 0.2) is 30.5 Å². The van der Waals surface area contributed by atoms with Crippen LogP contribution in [-0.4, -0.2) is 21.0 Å². The Hall–Kier alpha value is -2.57. The van der Waals surface area contributed by atoms with Gasteiger partial charge in [-0.15, -0.1) is 0 Å². The zero-order valence-corrected chi connectivity index (χ0v) is 9.60. The molecule has 1 aromatic carbocycles. The van der Waals surface area contributed by atoms with E-state index in [-0.39, 0.29) is 23.8 Å². The third kappa shape index (κ3) is 3.21. The molecule has 0 unspecified atom stereocenters. The quantitative estimate of drug-likeness (QED) is 0.885. The van der Waals surface area contributed by atoms with E-state index < -0.39 is 17.6 Å². The van der Waals surface area contributed by atoms with Crippen molar-refractivity contribution in [1.82, 2.24) is 9.97 Å². The fraction of sp³-hybridized carbons (Fsp3) is 0.0833. The Labute approximate surface area is 106 Å². The van der Waals surface area contributed by atoms with Gasteiger partial charge in [0.25, 0.3) is 0 Å². The summed E-state index contributed by atoms with van der Waals surface area (Å²) >= 11 is 0. The standard InChI is InChI=1S/C12H9F2N3O2/c13-8-1-2-9(14)7(5-8)6-16-12-15-4-3-10(17-12)11(18)19/h1-5H,6H2,(H,18,19)(H,15,16,17). The third-order valence-corrected chi connectivity index (χ3v) is 2.32. The van der Waals surface area contributed by atoms with Crippen LogP contribution in [0.1, 0.15) is 16.1 Å². The molecule has 0 saturated heterocycles. The van der Waals surface area contributed by atoms with Crippen LogP contribution in [0.25, 0.3) is 0 Å². The van der Waals surface area contributed by atoms with Crippen molar-refractivity contribution in [2.24, 2.45) is 0 Å². The maximum absolute atomic E-state index is 13.3. The summed E-state index contributed by atoms with van der Waals surface area (Å²) in [6.45, 7) is -0.0489. The summed E-state index contributed by atoms with van der Waals surface area (Å²) in [5.74, 6) is -2.28. The van der Waals surface area contributed by atoms with Crippen molar-refractivity contribution in [2.45, 2.75) is 6.54 Å². The maximum atomic E-state index is 13.3. The molecule has 1 aromatic heterocycles. The Morgan fingerprint density at radius 3 is 2.84 bits per heavy atom. The van der Waals surface area contributed by atoms with Crippen molar-refractivity contribution in [2.75, 3.05) is 5.32 Å². The van der Waals surface area contributed by atoms with Gasteiger partial charge in [0.15, 0.2) is 5.69 Å². The van der Waals surface area contributed by atoms with E-state index in [0.717, 1.165) is 18.2 Å². The normalized spacial score (nSPS) is 10.2. The molecule has 0 amide bonds. The second-order valence-corrected chi connectivity index (χ2v) is 3.66. The number of benzene rings is 1. The molecule has 0 saturated carbocycles. The molecule has 0 fully saturated rings. The molecule has 19 heavy (non-hydrogen) atoms. The lowest BCUT2D eigenvalue weighted by Crippen LogP contribution is -2.08. The second-order valence-electron chi connectivity index (χ2n) is 3.66. The highest BCUT2D eigenvalue weighted by Crippen LogP contribution is 2.11. The Kier molecular flexibility index (Phi) is 3.65. The average Bonchev–Trinajstić information content (AvgIpc) is 2.40. The van der Waals surface area contributed by atoms with Gasteiger partial charge >= 0.3 is 5.97 Å². The highest BCUT2D eigenvalue weighted by atomic mass is 19.1. The topological polar surface area (TPSA) is 75.1 Å². The van der Waals surface area contributed by atoms with E-state index in [1.54, 1.807) is 0 Å². The van der Waals surface area contributed by atoms with Gasteiger partial charge in [0.05, 0.1) is 0 Å². The van der Waals surface area contributed by atoms with E-state index in [9.17, 15) is 13.6 Å². The third-order valence-electron chi connectivity index (χ3n) is 2.32. The average molecular weight is 265 g/mol. The predicted molar refractivity (Wildman–Crippen MR) is 62.7 cm³/mol. The summed E-state index contributed by atoms with van der Waals surface area (Å²) in [6.07, 6.45) is 1.26. The molecular formula is C12H9F2N3O2. The van der Waals surface area contributed by atoms with Gasteiger partial charge in [-0.25, -0.2) is 23.5 Å². The first-order valence-electron chi connectivity index (χ1n) is 5.30. The van der Waals surface area contributed by atoms with Crippen molar-refractivity contribution >= 4 is 11.9 Å². The number of rotatable bonds is 4. The number of aromatic nitrogens is 2. The summed E-state index contributed by atoms with van der Waals surface area (Å²) in [7, 11) is 0. The fourth-order valence-electron chi connectivity index (χ4n) is 1.42. The number of carbonyl (C=O) groups is 1. The van der Waals surface area contributed by atoms with Crippen LogP contribution in [0, 0.1) is 11.6 Å². The first-order valence-corrected chi connectivity index (χ1v) is 5.30. The molecule has 0 aliphatic carbocycles. The van der Waals surface area contributed by atoms with E-state index in [2.05, 4.69) is 15.3 Å². The van der Waals surface area contributed by atoms with Gasteiger partial charge in [-0.2, -0.15) is 0 Å². The predicted octanol–water partition coefficient (Wildman–Crippen LogP) is 2.07. The monoisotopic (exact) mass is 265 g/mol. The van der Waals surface area contributed by atoms with Crippen molar-refractivity contribution in [3.05, 3.63) is 53.4 Å². The molecule has 2 rings (SSSR count). The number of carboxylic acids is 1. The Morgan fingerprint density at radius 1 is 1.32 bits per heavy atom. The number of aromatic carboxylic acids is 1. The Balaban J connectivity index is 2.12. The van der Waals surface area contributed by atoms with E-state index in [1.165, 1.54) is 12.3 Å². The molecular weight excluding hydrogens is 256 g/mol. The van der Waals surface area contributed by atoms with Gasteiger partial charge in [-0.1, -0.05) is 0 Å². The lowest BCUT2D eigenvalue weighted by atomic mass is 10.2. The molecule has 0 atom stereocenters. The largest absolute Gasteiger partial charge is 0.477 e. The molecule has 2 aromatic rings. The minimum Gasteiger partial charge on any atom is -0.477 e. The van der Waals surface area contributed by atoms with Crippen LogP contribution in [0.3, 0.4) is 0 Å². The number of hydrogen-bond acceptors (Lipinski definition) is 4. The highest BCUT2D eigenvalue weighted by Gasteiger charge is 2.07. The number of carboxylic acid groups (broad SMARTS) is 1. The summed E-state index contributed by atoms with van der Waals surface area (Å²) in [6, 6.07) is 4.31. The number of nitrogens with one attached hydrogen (secondary N) is 1. The number of hydrogen-bond donors (Lipinski definition) is 2. The maximum Gasteiger partial charge on any atom is 0.354 e. The van der Waals surface area contributed by atoms with Gasteiger partial charge in [0, 0.05) is 18.3 Å². The van der Waals surface area contributed by atoms with Crippen LogP contribution in [-0.2, 0) is 6.54 Å². The van der Waals surface area contributed by atoms with Gasteiger partial charge < -0.3 is 10.4 Å². The zero-order valence-electron chi connectivity index (χ0n) is 9.60. The molecule has 0 spiro atoms. The van der Waals surface area contributed by atoms with E-state index in [0.29, 0.717) is 0 Å². The minimum atomic E-state index is -1.19. The van der Waals surface area contributed by atoms with Crippen LogP contribution in [0.2, 0.25) is 0 Å². The van der Waals surface area contributed by atoms with Crippen molar-refractivity contribution < 1.29 is 18.7 Å². The van der Waals surface area contributed by atoms with Crippen LogP contribution in [0.5, 0.6) is 0 Å². The lowest BCUT2D eigenvalue weighted by Gasteiger charge is -2.06. The first-order chi connectivity index (χ1) is 9.06. The molecule has 2 N–H and O–H groups in total. The van der Waals surface area contributed by atoms with E-state index in [1.807, 2.05) is 0 Å². The smallest absolute Gasteiger partial charge is 0.354 e. The summed E-state index contributed by atoms with van der Waals surface area (Å²) in [5, 5.41) is 11.4. The number of nitrogens with zero attached hydrogens (tertiary/aromatic N) is 2. The van der Waals surface area contributed by atoms with E-state index in [4.69, 9.17) is 5.11 Å². The Morgan fingerprint density at radius 2 is 2.11 bits per heavy atom. The minimum absolute atomic E-state index is 0.0311. The number of halogens is 2. The van der Waals surface area contributed by atoms with Gasteiger partial charge in [0.2, 0.25) is 5.95 Å². The second kappa shape index (κ2) is 5.38. The van der Waals surface area contributed by atoms with Gasteiger partial charge in [0.1, 0.15) is 11.6 Å². The molecule has 5 nitrogen and oxygen atoms in total. The molecule has 7 heteroatoms. The Bertz CT molecular complexity index is 620. The SMILES string of the molecule is O=C(O)c1ccnc(NCc2cc(F)ccc2F)n1. The van der Waals surface area contributed by atoms with Crippen LogP contribution in [0.4, 0.5) is 14.7 Å². The fourth-order valence-corrected chi connectivity index (χ4v) is 1.42.